The molecule has 0 radical (unpaired) electrons. The number of aromatic nitrogens is 2. The average molecular weight is 411 g/mol. The highest BCUT2D eigenvalue weighted by Crippen LogP contribution is 2.37. The SMILES string of the molecule is C[C@H](Sc1nc2ccccc2c(=O)n1-c1ccccc1F)c1ccccc1Cl. The molecule has 0 spiro atoms. The van der Waals surface area contributed by atoms with Crippen LogP contribution in [0.4, 0.5) is 4.39 Å². The second-order valence-corrected chi connectivity index (χ2v) is 8.00. The average Bonchev–Trinajstić information content (AvgIpc) is 2.69. The van der Waals surface area contributed by atoms with Crippen molar-refractivity contribution in [3.05, 3.63) is 99.6 Å². The fourth-order valence-corrected chi connectivity index (χ4v) is 4.51. The number of rotatable bonds is 4. The van der Waals surface area contributed by atoms with Crippen molar-refractivity contribution in [2.45, 2.75) is 17.3 Å². The Morgan fingerprint density at radius 2 is 1.68 bits per heavy atom. The molecule has 1 aromatic heterocycles. The minimum absolute atomic E-state index is 0.0835. The van der Waals surface area contributed by atoms with Crippen LogP contribution in [0.3, 0.4) is 0 Å². The van der Waals surface area contributed by atoms with Crippen molar-refractivity contribution in [1.82, 2.24) is 9.55 Å². The first-order valence-electron chi connectivity index (χ1n) is 8.74. The van der Waals surface area contributed by atoms with E-state index < -0.39 is 5.82 Å². The number of para-hydroxylation sites is 2. The quantitative estimate of drug-likeness (QED) is 0.304. The van der Waals surface area contributed by atoms with Gasteiger partial charge in [0.1, 0.15) is 5.82 Å². The number of halogens is 2. The van der Waals surface area contributed by atoms with Gasteiger partial charge in [-0.3, -0.25) is 9.36 Å². The standard InChI is InChI=1S/C22H16ClFN2OS/c1-14(15-8-2-4-10-17(15)23)28-22-25-19-12-6-3-9-16(19)21(27)26(22)20-13-7-5-11-18(20)24/h2-14H,1H3/t14-/m0/s1. The van der Waals surface area contributed by atoms with Crippen LogP contribution in [0, 0.1) is 5.82 Å². The summed E-state index contributed by atoms with van der Waals surface area (Å²) in [5, 5.41) is 1.42. The zero-order chi connectivity index (χ0) is 19.7. The highest BCUT2D eigenvalue weighted by Gasteiger charge is 2.19. The third-order valence-corrected chi connectivity index (χ3v) is 5.90. The maximum Gasteiger partial charge on any atom is 0.266 e. The van der Waals surface area contributed by atoms with Crippen LogP contribution < -0.4 is 5.56 Å². The van der Waals surface area contributed by atoms with Gasteiger partial charge < -0.3 is 0 Å². The lowest BCUT2D eigenvalue weighted by Gasteiger charge is -2.17. The summed E-state index contributed by atoms with van der Waals surface area (Å²) in [5.74, 6) is -0.478. The maximum absolute atomic E-state index is 14.5. The Labute approximate surface area is 170 Å². The number of hydrogen-bond acceptors (Lipinski definition) is 3. The first-order valence-corrected chi connectivity index (χ1v) is 10.00. The van der Waals surface area contributed by atoms with Crippen LogP contribution in [-0.2, 0) is 0 Å². The third kappa shape index (κ3) is 3.43. The molecule has 3 nitrogen and oxygen atoms in total. The predicted molar refractivity (Wildman–Crippen MR) is 113 cm³/mol. The molecule has 4 rings (SSSR count). The van der Waals surface area contributed by atoms with E-state index in [0.29, 0.717) is 21.1 Å². The normalized spacial score (nSPS) is 12.2. The van der Waals surface area contributed by atoms with Crippen molar-refractivity contribution < 1.29 is 4.39 Å². The van der Waals surface area contributed by atoms with E-state index in [1.54, 1.807) is 36.4 Å². The molecule has 28 heavy (non-hydrogen) atoms. The van der Waals surface area contributed by atoms with Gasteiger partial charge in [0, 0.05) is 10.3 Å². The van der Waals surface area contributed by atoms with E-state index in [9.17, 15) is 9.18 Å². The van der Waals surface area contributed by atoms with Gasteiger partial charge in [-0.2, -0.15) is 0 Å². The summed E-state index contributed by atoms with van der Waals surface area (Å²) in [6.45, 7) is 1.99. The van der Waals surface area contributed by atoms with Crippen molar-refractivity contribution in [1.29, 1.82) is 0 Å². The molecule has 1 heterocycles. The number of thioether (sulfide) groups is 1. The van der Waals surface area contributed by atoms with Crippen LogP contribution in [-0.4, -0.2) is 9.55 Å². The van der Waals surface area contributed by atoms with E-state index in [1.165, 1.54) is 22.4 Å². The largest absolute Gasteiger partial charge is 0.268 e. The van der Waals surface area contributed by atoms with E-state index in [0.717, 1.165) is 5.56 Å². The number of fused-ring (bicyclic) bond motifs is 1. The predicted octanol–water partition coefficient (Wildman–Crippen LogP) is 6.03. The summed E-state index contributed by atoms with van der Waals surface area (Å²) in [6, 6.07) is 20.8. The van der Waals surface area contributed by atoms with Crippen molar-refractivity contribution in [3.63, 3.8) is 0 Å². The van der Waals surface area contributed by atoms with Crippen LogP contribution in [0.25, 0.3) is 16.6 Å². The Morgan fingerprint density at radius 3 is 2.46 bits per heavy atom. The first kappa shape index (κ1) is 18.7. The molecule has 0 bridgehead atoms. The van der Waals surface area contributed by atoms with Crippen LogP contribution in [0.2, 0.25) is 5.02 Å². The lowest BCUT2D eigenvalue weighted by molar-refractivity contribution is 0.608. The molecule has 0 saturated heterocycles. The molecular formula is C22H16ClFN2OS. The summed E-state index contributed by atoms with van der Waals surface area (Å²) in [5.41, 5.74) is 1.38. The molecule has 1 atom stereocenters. The van der Waals surface area contributed by atoms with Crippen LogP contribution in [0.5, 0.6) is 0 Å². The maximum atomic E-state index is 14.5. The minimum Gasteiger partial charge on any atom is -0.268 e. The second-order valence-electron chi connectivity index (χ2n) is 6.29. The summed E-state index contributed by atoms with van der Waals surface area (Å²) >= 11 is 7.70. The minimum atomic E-state index is -0.478. The second kappa shape index (κ2) is 7.78. The molecular weight excluding hydrogens is 395 g/mol. The van der Waals surface area contributed by atoms with Gasteiger partial charge in [-0.25, -0.2) is 9.37 Å². The monoisotopic (exact) mass is 410 g/mol. The summed E-state index contributed by atoms with van der Waals surface area (Å²) in [7, 11) is 0. The zero-order valence-electron chi connectivity index (χ0n) is 15.0. The van der Waals surface area contributed by atoms with Crippen LogP contribution >= 0.6 is 23.4 Å². The number of nitrogens with zero attached hydrogens (tertiary/aromatic N) is 2. The Morgan fingerprint density at radius 1 is 1.00 bits per heavy atom. The Hall–Kier alpha value is -2.63. The van der Waals surface area contributed by atoms with Crippen LogP contribution in [0.1, 0.15) is 17.7 Å². The summed E-state index contributed by atoms with van der Waals surface area (Å²) < 4.78 is 15.9. The van der Waals surface area contributed by atoms with Gasteiger partial charge in [-0.15, -0.1) is 0 Å². The molecule has 4 aromatic rings. The van der Waals surface area contributed by atoms with Gasteiger partial charge >= 0.3 is 0 Å². The van der Waals surface area contributed by atoms with E-state index in [4.69, 9.17) is 11.6 Å². The molecule has 3 aromatic carbocycles. The summed E-state index contributed by atoms with van der Waals surface area (Å²) in [6.07, 6.45) is 0. The van der Waals surface area contributed by atoms with Crippen molar-refractivity contribution in [2.24, 2.45) is 0 Å². The Kier molecular flexibility index (Phi) is 5.20. The molecule has 0 aliphatic carbocycles. The molecule has 0 saturated carbocycles. The van der Waals surface area contributed by atoms with Crippen molar-refractivity contribution in [2.75, 3.05) is 0 Å². The van der Waals surface area contributed by atoms with Crippen LogP contribution in [0.15, 0.2) is 82.7 Å². The molecule has 140 valence electrons. The Bertz CT molecular complexity index is 1220. The fraction of sp³-hybridized carbons (Fsp3) is 0.0909. The molecule has 0 aliphatic heterocycles. The molecule has 0 amide bonds. The number of benzene rings is 3. The van der Waals surface area contributed by atoms with Gasteiger partial charge in [0.05, 0.1) is 16.6 Å². The van der Waals surface area contributed by atoms with Crippen molar-refractivity contribution in [3.8, 4) is 5.69 Å². The smallest absolute Gasteiger partial charge is 0.266 e. The highest BCUT2D eigenvalue weighted by atomic mass is 35.5. The van der Waals surface area contributed by atoms with E-state index >= 15 is 0 Å². The van der Waals surface area contributed by atoms with Crippen molar-refractivity contribution >= 4 is 34.3 Å². The van der Waals surface area contributed by atoms with Gasteiger partial charge in [0.15, 0.2) is 5.16 Å². The molecule has 0 unspecified atom stereocenters. The van der Waals surface area contributed by atoms with Gasteiger partial charge in [0.25, 0.3) is 5.56 Å². The fourth-order valence-electron chi connectivity index (χ4n) is 3.06. The summed E-state index contributed by atoms with van der Waals surface area (Å²) in [4.78, 5) is 17.9. The van der Waals surface area contributed by atoms with E-state index in [-0.39, 0.29) is 16.5 Å². The van der Waals surface area contributed by atoms with Gasteiger partial charge in [0.2, 0.25) is 0 Å². The molecule has 0 fully saturated rings. The van der Waals surface area contributed by atoms with E-state index in [1.807, 2.05) is 37.3 Å². The first-order chi connectivity index (χ1) is 13.6. The van der Waals surface area contributed by atoms with E-state index in [2.05, 4.69) is 4.98 Å². The lowest BCUT2D eigenvalue weighted by atomic mass is 10.2. The van der Waals surface area contributed by atoms with Gasteiger partial charge in [-0.05, 0) is 42.8 Å². The Balaban J connectivity index is 1.92. The van der Waals surface area contributed by atoms with Gasteiger partial charge in [-0.1, -0.05) is 65.8 Å². The zero-order valence-corrected chi connectivity index (χ0v) is 16.5. The highest BCUT2D eigenvalue weighted by molar-refractivity contribution is 7.99. The third-order valence-electron chi connectivity index (χ3n) is 4.46. The molecule has 0 N–H and O–H groups in total. The molecule has 6 heteroatoms. The lowest BCUT2D eigenvalue weighted by Crippen LogP contribution is -2.22. The molecule has 0 aliphatic rings. The number of hydrogen-bond donors (Lipinski definition) is 0. The topological polar surface area (TPSA) is 34.9 Å².